The molecule has 0 fully saturated rings. The van der Waals surface area contributed by atoms with E-state index in [1.54, 1.807) is 11.0 Å². The highest BCUT2D eigenvalue weighted by Crippen LogP contribution is 2.38. The normalized spacial score (nSPS) is 16.8. The van der Waals surface area contributed by atoms with Gasteiger partial charge in [0.2, 0.25) is 0 Å². The van der Waals surface area contributed by atoms with Crippen LogP contribution in [0.1, 0.15) is 63.8 Å². The maximum absolute atomic E-state index is 13.2. The summed E-state index contributed by atoms with van der Waals surface area (Å²) in [6.07, 6.45) is 3.83. The molecular weight excluding hydrogens is 426 g/mol. The summed E-state index contributed by atoms with van der Waals surface area (Å²) in [6, 6.07) is 16.8. The Morgan fingerprint density at radius 2 is 1.74 bits per heavy atom. The molecule has 0 saturated heterocycles. The maximum Gasteiger partial charge on any atom is 0.290 e. The lowest BCUT2D eigenvalue weighted by atomic mass is 9.85. The van der Waals surface area contributed by atoms with E-state index in [0.29, 0.717) is 19.6 Å². The van der Waals surface area contributed by atoms with Crippen molar-refractivity contribution in [3.8, 4) is 0 Å². The van der Waals surface area contributed by atoms with Gasteiger partial charge in [-0.15, -0.1) is 0 Å². The van der Waals surface area contributed by atoms with Crippen molar-refractivity contribution in [2.24, 2.45) is 0 Å². The number of hydrogen-bond acceptors (Lipinski definition) is 4. The highest BCUT2D eigenvalue weighted by molar-refractivity contribution is 6.14. The van der Waals surface area contributed by atoms with Crippen LogP contribution in [0.2, 0.25) is 0 Å². The molecule has 0 aromatic heterocycles. The summed E-state index contributed by atoms with van der Waals surface area (Å²) in [5.74, 6) is -1.37. The largest absolute Gasteiger partial charge is 0.503 e. The van der Waals surface area contributed by atoms with Gasteiger partial charge in [0.05, 0.1) is 17.7 Å². The van der Waals surface area contributed by atoms with Crippen LogP contribution in [0.25, 0.3) is 6.08 Å². The van der Waals surface area contributed by atoms with E-state index in [-0.39, 0.29) is 22.9 Å². The van der Waals surface area contributed by atoms with Crippen LogP contribution in [0.15, 0.2) is 72.0 Å². The van der Waals surface area contributed by atoms with Gasteiger partial charge in [-0.05, 0) is 48.4 Å². The van der Waals surface area contributed by atoms with Crippen molar-refractivity contribution in [3.63, 3.8) is 0 Å². The summed E-state index contributed by atoms with van der Waals surface area (Å²) in [6.45, 7) is 11.2. The third kappa shape index (κ3) is 6.03. The number of allylic oxidation sites excluding steroid dienone is 1. The Hall–Kier alpha value is -3.18. The van der Waals surface area contributed by atoms with E-state index in [2.05, 4.69) is 20.8 Å². The van der Waals surface area contributed by atoms with Crippen molar-refractivity contribution in [2.75, 3.05) is 13.2 Å². The molecule has 0 radical (unpaired) electrons. The second kappa shape index (κ2) is 10.8. The van der Waals surface area contributed by atoms with Crippen LogP contribution in [0.5, 0.6) is 0 Å². The molecule has 1 atom stereocenters. The van der Waals surface area contributed by atoms with E-state index in [0.717, 1.165) is 16.7 Å². The Bertz CT molecular complexity index is 1060. The number of nitrogens with zero attached hydrogens (tertiary/aromatic N) is 1. The smallest absolute Gasteiger partial charge is 0.290 e. The number of carbonyl (C=O) groups is 2. The van der Waals surface area contributed by atoms with Crippen molar-refractivity contribution in [2.45, 2.75) is 58.6 Å². The van der Waals surface area contributed by atoms with Gasteiger partial charge in [0.15, 0.2) is 11.5 Å². The number of carbonyl (C=O) groups excluding carboxylic acids is 2. The summed E-state index contributed by atoms with van der Waals surface area (Å²) in [4.78, 5) is 27.9. The van der Waals surface area contributed by atoms with E-state index in [1.165, 1.54) is 6.08 Å². The van der Waals surface area contributed by atoms with Gasteiger partial charge in [-0.2, -0.15) is 0 Å². The molecule has 2 aromatic rings. The highest BCUT2D eigenvalue weighted by Gasteiger charge is 2.42. The summed E-state index contributed by atoms with van der Waals surface area (Å²) in [5.41, 5.74) is 2.92. The molecular formula is C29H35NO4. The molecule has 1 amide bonds. The SMILES string of the molecule is CC(C)OCCCN1C(=O)C(O)=C(C(=O)/C=C/c2ccccc2)[C@@H]1c1ccc(C(C)(C)C)cc1. The molecule has 2 aromatic carbocycles. The number of ketones is 1. The van der Waals surface area contributed by atoms with Crippen LogP contribution < -0.4 is 0 Å². The average Bonchev–Trinajstić information content (AvgIpc) is 3.05. The molecule has 1 heterocycles. The number of ether oxygens (including phenoxy) is 1. The molecule has 5 nitrogen and oxygen atoms in total. The lowest BCUT2D eigenvalue weighted by Crippen LogP contribution is -2.32. The topological polar surface area (TPSA) is 66.8 Å². The fourth-order valence-corrected chi connectivity index (χ4v) is 4.03. The molecule has 0 spiro atoms. The Kier molecular flexibility index (Phi) is 8.11. The van der Waals surface area contributed by atoms with Gasteiger partial charge in [0, 0.05) is 13.2 Å². The number of benzene rings is 2. The van der Waals surface area contributed by atoms with Crippen LogP contribution in [0, 0.1) is 0 Å². The monoisotopic (exact) mass is 461 g/mol. The van der Waals surface area contributed by atoms with Crippen LogP contribution in [0.3, 0.4) is 0 Å². The molecule has 1 N–H and O–H groups in total. The minimum atomic E-state index is -0.645. The minimum absolute atomic E-state index is 0.0209. The second-order valence-electron chi connectivity index (χ2n) is 9.92. The zero-order chi connectivity index (χ0) is 24.9. The summed E-state index contributed by atoms with van der Waals surface area (Å²) in [7, 11) is 0. The highest BCUT2D eigenvalue weighted by atomic mass is 16.5. The van der Waals surface area contributed by atoms with Crippen LogP contribution in [0.4, 0.5) is 0 Å². The molecule has 1 aliphatic rings. The van der Waals surface area contributed by atoms with Gasteiger partial charge < -0.3 is 14.7 Å². The van der Waals surface area contributed by atoms with Crippen molar-refractivity contribution in [3.05, 3.63) is 88.7 Å². The Labute approximate surface area is 202 Å². The van der Waals surface area contributed by atoms with Crippen molar-refractivity contribution in [1.82, 2.24) is 4.90 Å². The maximum atomic E-state index is 13.2. The van der Waals surface area contributed by atoms with Crippen molar-refractivity contribution in [1.29, 1.82) is 0 Å². The molecule has 0 saturated carbocycles. The zero-order valence-corrected chi connectivity index (χ0v) is 20.7. The van der Waals surface area contributed by atoms with Gasteiger partial charge in [-0.25, -0.2) is 0 Å². The molecule has 34 heavy (non-hydrogen) atoms. The van der Waals surface area contributed by atoms with Crippen molar-refractivity contribution >= 4 is 17.8 Å². The standard InChI is InChI=1S/C29H35NO4/c1-20(2)34-19-9-18-30-26(22-13-15-23(16-14-22)29(3,4)5)25(27(32)28(30)33)24(31)17-12-21-10-7-6-8-11-21/h6-8,10-17,20,26,32H,9,18-19H2,1-5H3/b17-12+/t26-/m0/s1. The predicted molar refractivity (Wildman–Crippen MR) is 135 cm³/mol. The van der Waals surface area contributed by atoms with Gasteiger partial charge in [0.1, 0.15) is 0 Å². The van der Waals surface area contributed by atoms with Crippen LogP contribution >= 0.6 is 0 Å². The second-order valence-corrected chi connectivity index (χ2v) is 9.92. The van der Waals surface area contributed by atoms with Crippen molar-refractivity contribution < 1.29 is 19.4 Å². The molecule has 180 valence electrons. The minimum Gasteiger partial charge on any atom is -0.503 e. The van der Waals surface area contributed by atoms with Gasteiger partial charge in [-0.1, -0.05) is 81.4 Å². The number of aliphatic hydroxyl groups excluding tert-OH is 1. The first-order valence-electron chi connectivity index (χ1n) is 11.8. The van der Waals surface area contributed by atoms with E-state index in [4.69, 9.17) is 4.74 Å². The lowest BCUT2D eigenvalue weighted by Gasteiger charge is -2.27. The molecule has 5 heteroatoms. The van der Waals surface area contributed by atoms with E-state index < -0.39 is 17.7 Å². The Morgan fingerprint density at radius 1 is 1.09 bits per heavy atom. The first-order chi connectivity index (χ1) is 16.1. The predicted octanol–water partition coefficient (Wildman–Crippen LogP) is 5.78. The summed E-state index contributed by atoms with van der Waals surface area (Å²) in [5, 5.41) is 10.8. The van der Waals surface area contributed by atoms with Crippen LogP contribution in [-0.4, -0.2) is 41.0 Å². The third-order valence-electron chi connectivity index (χ3n) is 5.88. The first kappa shape index (κ1) is 25.4. The lowest BCUT2D eigenvalue weighted by molar-refractivity contribution is -0.129. The molecule has 0 bridgehead atoms. The fraction of sp³-hybridized carbons (Fsp3) is 0.379. The first-order valence-corrected chi connectivity index (χ1v) is 11.8. The van der Waals surface area contributed by atoms with E-state index >= 15 is 0 Å². The van der Waals surface area contributed by atoms with Gasteiger partial charge in [-0.3, -0.25) is 9.59 Å². The fourth-order valence-electron chi connectivity index (χ4n) is 4.03. The Balaban J connectivity index is 1.93. The number of hydrogen-bond donors (Lipinski definition) is 1. The third-order valence-corrected chi connectivity index (χ3v) is 5.88. The summed E-state index contributed by atoms with van der Waals surface area (Å²) < 4.78 is 5.63. The summed E-state index contributed by atoms with van der Waals surface area (Å²) >= 11 is 0. The van der Waals surface area contributed by atoms with Gasteiger partial charge in [0.25, 0.3) is 5.91 Å². The molecule has 0 aliphatic carbocycles. The van der Waals surface area contributed by atoms with E-state index in [9.17, 15) is 14.7 Å². The van der Waals surface area contributed by atoms with Gasteiger partial charge >= 0.3 is 0 Å². The molecule has 3 rings (SSSR count). The number of aliphatic hydroxyl groups is 1. The quantitative estimate of drug-likeness (QED) is 0.380. The zero-order valence-electron chi connectivity index (χ0n) is 20.7. The number of rotatable bonds is 9. The number of amides is 1. The molecule has 1 aliphatic heterocycles. The van der Waals surface area contributed by atoms with Crippen LogP contribution in [-0.2, 0) is 19.7 Å². The van der Waals surface area contributed by atoms with E-state index in [1.807, 2.05) is 68.4 Å². The molecule has 0 unspecified atom stereocenters. The average molecular weight is 462 g/mol. The Morgan fingerprint density at radius 3 is 2.32 bits per heavy atom.